The summed E-state index contributed by atoms with van der Waals surface area (Å²) in [6, 6.07) is 8.01. The number of hydrogen-bond donors (Lipinski definition) is 0. The molecule has 1 aromatic heterocycles. The Bertz CT molecular complexity index is 769. The third kappa shape index (κ3) is 4.46. The number of aryl methyl sites for hydroxylation is 2. The van der Waals surface area contributed by atoms with Crippen LogP contribution in [0.4, 0.5) is 0 Å². The minimum atomic E-state index is 0.206. The van der Waals surface area contributed by atoms with Gasteiger partial charge in [0.15, 0.2) is 0 Å². The van der Waals surface area contributed by atoms with Crippen molar-refractivity contribution in [3.63, 3.8) is 0 Å². The SMILES string of the molecule is Cc1nn(C)c(C)c1CC(=O)N1CCCN(Cc2ccc(Cl)cc2)CC1. The molecule has 0 spiro atoms. The van der Waals surface area contributed by atoms with Gasteiger partial charge in [-0.1, -0.05) is 23.7 Å². The molecule has 3 rings (SSSR count). The van der Waals surface area contributed by atoms with Gasteiger partial charge in [-0.15, -0.1) is 0 Å². The Morgan fingerprint density at radius 2 is 1.85 bits per heavy atom. The molecule has 0 saturated carbocycles. The largest absolute Gasteiger partial charge is 0.341 e. The van der Waals surface area contributed by atoms with Crippen LogP contribution in [-0.4, -0.2) is 51.7 Å². The number of amides is 1. The van der Waals surface area contributed by atoms with Crippen LogP contribution in [0, 0.1) is 13.8 Å². The smallest absolute Gasteiger partial charge is 0.227 e. The molecule has 26 heavy (non-hydrogen) atoms. The fraction of sp³-hybridized carbons (Fsp3) is 0.500. The zero-order valence-corrected chi connectivity index (χ0v) is 16.6. The molecule has 0 radical (unpaired) electrons. The number of nitrogens with zero attached hydrogens (tertiary/aromatic N) is 4. The van der Waals surface area contributed by atoms with E-state index in [0.29, 0.717) is 6.42 Å². The summed E-state index contributed by atoms with van der Waals surface area (Å²) in [5.41, 5.74) is 4.36. The lowest BCUT2D eigenvalue weighted by atomic mass is 10.1. The van der Waals surface area contributed by atoms with Crippen LogP contribution in [0.1, 0.15) is 28.9 Å². The van der Waals surface area contributed by atoms with E-state index in [9.17, 15) is 4.79 Å². The standard InChI is InChI=1S/C20H27ClN4O/c1-15-19(16(2)23(3)22-15)13-20(26)25-10-4-9-24(11-12-25)14-17-5-7-18(21)8-6-17/h5-8H,4,9-14H2,1-3H3. The minimum absolute atomic E-state index is 0.206. The second-order valence-corrected chi connectivity index (χ2v) is 7.52. The van der Waals surface area contributed by atoms with E-state index >= 15 is 0 Å². The average molecular weight is 375 g/mol. The topological polar surface area (TPSA) is 41.4 Å². The molecule has 2 aromatic rings. The van der Waals surface area contributed by atoms with Crippen molar-refractivity contribution in [2.75, 3.05) is 26.2 Å². The van der Waals surface area contributed by atoms with Crippen molar-refractivity contribution in [3.05, 3.63) is 51.8 Å². The van der Waals surface area contributed by atoms with E-state index in [-0.39, 0.29) is 5.91 Å². The molecule has 1 amide bonds. The molecular weight excluding hydrogens is 348 g/mol. The molecule has 1 aromatic carbocycles. The number of halogens is 1. The van der Waals surface area contributed by atoms with Crippen LogP contribution in [0.25, 0.3) is 0 Å². The lowest BCUT2D eigenvalue weighted by molar-refractivity contribution is -0.130. The molecule has 0 bridgehead atoms. The normalized spacial score (nSPS) is 15.9. The first kappa shape index (κ1) is 18.9. The Kier molecular flexibility index (Phi) is 5.99. The van der Waals surface area contributed by atoms with Crippen molar-refractivity contribution in [2.45, 2.75) is 33.2 Å². The Hall–Kier alpha value is -1.85. The summed E-state index contributed by atoms with van der Waals surface area (Å²) in [7, 11) is 1.93. The number of hydrogen-bond acceptors (Lipinski definition) is 3. The number of rotatable bonds is 4. The van der Waals surface area contributed by atoms with Crippen LogP contribution in [0.2, 0.25) is 5.02 Å². The van der Waals surface area contributed by atoms with Crippen molar-refractivity contribution >= 4 is 17.5 Å². The predicted molar refractivity (Wildman–Crippen MR) is 104 cm³/mol. The average Bonchev–Trinajstić information content (AvgIpc) is 2.80. The van der Waals surface area contributed by atoms with E-state index in [2.05, 4.69) is 22.1 Å². The first-order valence-electron chi connectivity index (χ1n) is 9.17. The van der Waals surface area contributed by atoms with Gasteiger partial charge in [0.05, 0.1) is 12.1 Å². The van der Waals surface area contributed by atoms with E-state index in [1.165, 1.54) is 5.56 Å². The van der Waals surface area contributed by atoms with E-state index < -0.39 is 0 Å². The highest BCUT2D eigenvalue weighted by Crippen LogP contribution is 2.16. The van der Waals surface area contributed by atoms with Crippen LogP contribution in [0.15, 0.2) is 24.3 Å². The zero-order chi connectivity index (χ0) is 18.7. The summed E-state index contributed by atoms with van der Waals surface area (Å²) < 4.78 is 1.86. The lowest BCUT2D eigenvalue weighted by Gasteiger charge is -2.22. The van der Waals surface area contributed by atoms with Crippen LogP contribution in [-0.2, 0) is 24.8 Å². The third-order valence-electron chi connectivity index (χ3n) is 5.25. The van der Waals surface area contributed by atoms with Gasteiger partial charge in [-0.2, -0.15) is 5.10 Å². The maximum atomic E-state index is 12.8. The molecule has 6 heteroatoms. The third-order valence-corrected chi connectivity index (χ3v) is 5.50. The molecule has 0 unspecified atom stereocenters. The number of carbonyl (C=O) groups excluding carboxylic acids is 1. The molecule has 0 N–H and O–H groups in total. The number of carbonyl (C=O) groups is 1. The maximum absolute atomic E-state index is 12.8. The summed E-state index contributed by atoms with van der Waals surface area (Å²) in [5.74, 6) is 0.206. The van der Waals surface area contributed by atoms with Gasteiger partial charge in [0.25, 0.3) is 0 Å². The van der Waals surface area contributed by atoms with Crippen molar-refractivity contribution < 1.29 is 4.79 Å². The monoisotopic (exact) mass is 374 g/mol. The van der Waals surface area contributed by atoms with E-state index in [0.717, 1.165) is 61.1 Å². The molecular formula is C20H27ClN4O. The second-order valence-electron chi connectivity index (χ2n) is 7.09. The Balaban J connectivity index is 1.57. The summed E-state index contributed by atoms with van der Waals surface area (Å²) in [5, 5.41) is 5.19. The highest BCUT2D eigenvalue weighted by molar-refractivity contribution is 6.30. The van der Waals surface area contributed by atoms with E-state index in [1.54, 1.807) is 0 Å². The first-order valence-corrected chi connectivity index (χ1v) is 9.55. The van der Waals surface area contributed by atoms with Gasteiger partial charge in [0.1, 0.15) is 0 Å². The highest BCUT2D eigenvalue weighted by atomic mass is 35.5. The van der Waals surface area contributed by atoms with Crippen molar-refractivity contribution in [1.82, 2.24) is 19.6 Å². The van der Waals surface area contributed by atoms with Crippen molar-refractivity contribution in [2.24, 2.45) is 7.05 Å². The quantitative estimate of drug-likeness (QED) is 0.826. The lowest BCUT2D eigenvalue weighted by Crippen LogP contribution is -2.36. The Labute approximate surface area is 160 Å². The molecule has 140 valence electrons. The van der Waals surface area contributed by atoms with Gasteiger partial charge < -0.3 is 4.90 Å². The summed E-state index contributed by atoms with van der Waals surface area (Å²) >= 11 is 5.96. The number of aromatic nitrogens is 2. The van der Waals surface area contributed by atoms with Gasteiger partial charge in [0, 0.05) is 56.1 Å². The van der Waals surface area contributed by atoms with Crippen LogP contribution >= 0.6 is 11.6 Å². The van der Waals surface area contributed by atoms with Crippen LogP contribution < -0.4 is 0 Å². The molecule has 1 saturated heterocycles. The Morgan fingerprint density at radius 1 is 1.12 bits per heavy atom. The van der Waals surface area contributed by atoms with Gasteiger partial charge in [-0.3, -0.25) is 14.4 Å². The molecule has 2 heterocycles. The maximum Gasteiger partial charge on any atom is 0.227 e. The Morgan fingerprint density at radius 3 is 2.50 bits per heavy atom. The first-order chi connectivity index (χ1) is 12.4. The van der Waals surface area contributed by atoms with Gasteiger partial charge in [-0.05, 0) is 38.0 Å². The zero-order valence-electron chi connectivity index (χ0n) is 15.8. The van der Waals surface area contributed by atoms with E-state index in [4.69, 9.17) is 11.6 Å². The molecule has 1 fully saturated rings. The minimum Gasteiger partial charge on any atom is -0.341 e. The van der Waals surface area contributed by atoms with Crippen molar-refractivity contribution in [3.8, 4) is 0 Å². The second kappa shape index (κ2) is 8.23. The number of benzene rings is 1. The van der Waals surface area contributed by atoms with Crippen molar-refractivity contribution in [1.29, 1.82) is 0 Å². The molecule has 1 aliphatic rings. The fourth-order valence-corrected chi connectivity index (χ4v) is 3.69. The fourth-order valence-electron chi connectivity index (χ4n) is 3.56. The summed E-state index contributed by atoms with van der Waals surface area (Å²) in [4.78, 5) is 17.2. The van der Waals surface area contributed by atoms with Gasteiger partial charge in [-0.25, -0.2) is 0 Å². The highest BCUT2D eigenvalue weighted by Gasteiger charge is 2.21. The molecule has 0 atom stereocenters. The van der Waals surface area contributed by atoms with E-state index in [1.807, 2.05) is 42.6 Å². The van der Waals surface area contributed by atoms with Gasteiger partial charge >= 0.3 is 0 Å². The van der Waals surface area contributed by atoms with Crippen LogP contribution in [0.5, 0.6) is 0 Å². The molecule has 5 nitrogen and oxygen atoms in total. The summed E-state index contributed by atoms with van der Waals surface area (Å²) in [6.45, 7) is 8.43. The molecule has 0 aliphatic carbocycles. The molecule has 1 aliphatic heterocycles. The predicted octanol–water partition coefficient (Wildman–Crippen LogP) is 2.97. The summed E-state index contributed by atoms with van der Waals surface area (Å²) in [6.07, 6.45) is 1.45. The van der Waals surface area contributed by atoms with Gasteiger partial charge in [0.2, 0.25) is 5.91 Å². The van der Waals surface area contributed by atoms with Crippen LogP contribution in [0.3, 0.4) is 0 Å².